The molecule has 124 valence electrons. The van der Waals surface area contributed by atoms with E-state index in [0.717, 1.165) is 36.9 Å². The zero-order valence-corrected chi connectivity index (χ0v) is 14.9. The van der Waals surface area contributed by atoms with E-state index < -0.39 is 0 Å². The molecule has 0 bridgehead atoms. The summed E-state index contributed by atoms with van der Waals surface area (Å²) in [6, 6.07) is 0. The maximum Gasteiger partial charge on any atom is 0.291 e. The summed E-state index contributed by atoms with van der Waals surface area (Å²) in [4.78, 5) is 26.9. The Hall–Kier alpha value is -1.89. The zero-order chi connectivity index (χ0) is 16.6. The van der Waals surface area contributed by atoms with Gasteiger partial charge in [-0.05, 0) is 27.2 Å². The van der Waals surface area contributed by atoms with Crippen LogP contribution < -0.4 is 4.90 Å². The molecule has 0 saturated carbocycles. The Morgan fingerprint density at radius 2 is 1.83 bits per heavy atom. The van der Waals surface area contributed by atoms with E-state index >= 15 is 0 Å². The maximum absolute atomic E-state index is 12.6. The van der Waals surface area contributed by atoms with Crippen LogP contribution in [-0.4, -0.2) is 47.0 Å². The van der Waals surface area contributed by atoms with Crippen molar-refractivity contribution >= 4 is 22.4 Å². The van der Waals surface area contributed by atoms with Gasteiger partial charge in [-0.1, -0.05) is 0 Å². The number of hydrogen-bond donors (Lipinski definition) is 0. The SMILES string of the molecule is Cc1nc(C)c(C(=O)N2CCCN(c3nc(C)c(C)s3)CC2)o1. The van der Waals surface area contributed by atoms with Gasteiger partial charge in [-0.2, -0.15) is 0 Å². The summed E-state index contributed by atoms with van der Waals surface area (Å²) < 4.78 is 5.47. The van der Waals surface area contributed by atoms with Gasteiger partial charge in [0.05, 0.1) is 11.4 Å². The standard InChI is InChI=1S/C16H22N4O2S/c1-10-12(3)23-16(18-10)20-7-5-6-19(8-9-20)15(21)14-11(2)17-13(4)22-14/h5-9H2,1-4H3. The van der Waals surface area contributed by atoms with E-state index in [1.807, 2.05) is 18.7 Å². The summed E-state index contributed by atoms with van der Waals surface area (Å²) in [7, 11) is 0. The van der Waals surface area contributed by atoms with Gasteiger partial charge in [-0.15, -0.1) is 11.3 Å². The summed E-state index contributed by atoms with van der Waals surface area (Å²) in [5.74, 6) is 0.851. The summed E-state index contributed by atoms with van der Waals surface area (Å²) in [6.45, 7) is 10.8. The lowest BCUT2D eigenvalue weighted by molar-refractivity contribution is 0.0732. The van der Waals surface area contributed by atoms with E-state index in [2.05, 4.69) is 21.8 Å². The lowest BCUT2D eigenvalue weighted by Crippen LogP contribution is -2.35. The number of hydrogen-bond acceptors (Lipinski definition) is 6. The molecule has 1 amide bonds. The van der Waals surface area contributed by atoms with Crippen LogP contribution in [0.25, 0.3) is 0 Å². The Labute approximate surface area is 140 Å². The number of amides is 1. The van der Waals surface area contributed by atoms with E-state index in [1.165, 1.54) is 4.88 Å². The van der Waals surface area contributed by atoms with E-state index in [-0.39, 0.29) is 5.91 Å². The predicted molar refractivity (Wildman–Crippen MR) is 90.3 cm³/mol. The first-order valence-corrected chi connectivity index (χ1v) is 8.69. The largest absolute Gasteiger partial charge is 0.436 e. The van der Waals surface area contributed by atoms with Crippen molar-refractivity contribution in [3.8, 4) is 0 Å². The minimum absolute atomic E-state index is 0.0588. The summed E-state index contributed by atoms with van der Waals surface area (Å²) in [5, 5.41) is 1.06. The third-order valence-electron chi connectivity index (χ3n) is 4.17. The smallest absolute Gasteiger partial charge is 0.291 e. The summed E-state index contributed by atoms with van der Waals surface area (Å²) >= 11 is 1.72. The molecule has 3 heterocycles. The first-order valence-electron chi connectivity index (χ1n) is 7.88. The minimum Gasteiger partial charge on any atom is -0.436 e. The van der Waals surface area contributed by atoms with Crippen LogP contribution in [0.2, 0.25) is 0 Å². The second-order valence-electron chi connectivity index (χ2n) is 5.92. The molecular weight excluding hydrogens is 312 g/mol. The van der Waals surface area contributed by atoms with Gasteiger partial charge in [0.2, 0.25) is 5.76 Å². The topological polar surface area (TPSA) is 62.5 Å². The number of aromatic nitrogens is 2. The van der Waals surface area contributed by atoms with E-state index in [9.17, 15) is 4.79 Å². The van der Waals surface area contributed by atoms with Crippen LogP contribution in [0.1, 0.15) is 39.1 Å². The van der Waals surface area contributed by atoms with Crippen LogP contribution in [0.5, 0.6) is 0 Å². The molecule has 23 heavy (non-hydrogen) atoms. The van der Waals surface area contributed by atoms with Gasteiger partial charge in [-0.3, -0.25) is 4.79 Å². The van der Waals surface area contributed by atoms with E-state index in [1.54, 1.807) is 18.3 Å². The highest BCUT2D eigenvalue weighted by molar-refractivity contribution is 7.15. The lowest BCUT2D eigenvalue weighted by Gasteiger charge is -2.21. The Kier molecular flexibility index (Phi) is 4.39. The van der Waals surface area contributed by atoms with Gasteiger partial charge in [-0.25, -0.2) is 9.97 Å². The van der Waals surface area contributed by atoms with Crippen molar-refractivity contribution in [2.24, 2.45) is 0 Å². The Bertz CT molecular complexity index is 702. The van der Waals surface area contributed by atoms with Crippen LogP contribution in [0.3, 0.4) is 0 Å². The van der Waals surface area contributed by atoms with E-state index in [0.29, 0.717) is 23.9 Å². The normalized spacial score (nSPS) is 15.8. The number of oxazole rings is 1. The van der Waals surface area contributed by atoms with Crippen molar-refractivity contribution in [2.45, 2.75) is 34.1 Å². The van der Waals surface area contributed by atoms with Gasteiger partial charge in [0.15, 0.2) is 11.0 Å². The maximum atomic E-state index is 12.6. The van der Waals surface area contributed by atoms with Crippen molar-refractivity contribution in [3.63, 3.8) is 0 Å². The first kappa shape index (κ1) is 16.0. The number of nitrogens with zero attached hydrogens (tertiary/aromatic N) is 4. The minimum atomic E-state index is -0.0588. The van der Waals surface area contributed by atoms with Crippen molar-refractivity contribution < 1.29 is 9.21 Å². The van der Waals surface area contributed by atoms with Gasteiger partial charge in [0.1, 0.15) is 0 Å². The molecule has 2 aromatic rings. The number of thiazole rings is 1. The number of rotatable bonds is 2. The van der Waals surface area contributed by atoms with Crippen molar-refractivity contribution in [1.82, 2.24) is 14.9 Å². The fraction of sp³-hybridized carbons (Fsp3) is 0.562. The Morgan fingerprint density at radius 1 is 1.04 bits per heavy atom. The molecule has 0 atom stereocenters. The van der Waals surface area contributed by atoms with Crippen LogP contribution in [0, 0.1) is 27.7 Å². The molecule has 0 N–H and O–H groups in total. The van der Waals surface area contributed by atoms with Crippen LogP contribution in [0.15, 0.2) is 4.42 Å². The van der Waals surface area contributed by atoms with Crippen molar-refractivity contribution in [3.05, 3.63) is 27.9 Å². The second kappa shape index (κ2) is 6.31. The molecule has 2 aromatic heterocycles. The average Bonchev–Trinajstić information content (AvgIpc) is 2.91. The fourth-order valence-corrected chi connectivity index (χ4v) is 3.74. The lowest BCUT2D eigenvalue weighted by atomic mass is 10.3. The highest BCUT2D eigenvalue weighted by Gasteiger charge is 2.25. The van der Waals surface area contributed by atoms with Crippen LogP contribution in [-0.2, 0) is 0 Å². The quantitative estimate of drug-likeness (QED) is 0.845. The number of carbonyl (C=O) groups excluding carboxylic acids is 1. The second-order valence-corrected chi connectivity index (χ2v) is 7.10. The molecule has 7 heteroatoms. The molecule has 6 nitrogen and oxygen atoms in total. The molecule has 1 aliphatic rings. The number of carbonyl (C=O) groups is 1. The average molecular weight is 334 g/mol. The van der Waals surface area contributed by atoms with Crippen LogP contribution >= 0.6 is 11.3 Å². The molecule has 3 rings (SSSR count). The number of anilines is 1. The van der Waals surface area contributed by atoms with Gasteiger partial charge < -0.3 is 14.2 Å². The molecule has 1 saturated heterocycles. The first-order chi connectivity index (χ1) is 11.0. The molecule has 0 aromatic carbocycles. The highest BCUT2D eigenvalue weighted by atomic mass is 32.1. The Balaban J connectivity index is 1.71. The highest BCUT2D eigenvalue weighted by Crippen LogP contribution is 2.26. The third-order valence-corrected chi connectivity index (χ3v) is 5.30. The molecule has 0 spiro atoms. The Morgan fingerprint density at radius 3 is 2.43 bits per heavy atom. The molecule has 1 fully saturated rings. The van der Waals surface area contributed by atoms with Crippen molar-refractivity contribution in [2.75, 3.05) is 31.1 Å². The van der Waals surface area contributed by atoms with Crippen molar-refractivity contribution in [1.29, 1.82) is 0 Å². The molecule has 0 aliphatic carbocycles. The van der Waals surface area contributed by atoms with Gasteiger partial charge in [0, 0.05) is 38.0 Å². The molecule has 0 radical (unpaired) electrons. The van der Waals surface area contributed by atoms with Gasteiger partial charge >= 0.3 is 0 Å². The predicted octanol–water partition coefficient (Wildman–Crippen LogP) is 2.72. The molecular formula is C16H22N4O2S. The molecule has 1 aliphatic heterocycles. The number of aryl methyl sites for hydroxylation is 4. The fourth-order valence-electron chi connectivity index (χ4n) is 2.78. The summed E-state index contributed by atoms with van der Waals surface area (Å²) in [6.07, 6.45) is 0.926. The monoisotopic (exact) mass is 334 g/mol. The summed E-state index contributed by atoms with van der Waals surface area (Å²) in [5.41, 5.74) is 1.76. The van der Waals surface area contributed by atoms with E-state index in [4.69, 9.17) is 4.42 Å². The van der Waals surface area contributed by atoms with Gasteiger partial charge in [0.25, 0.3) is 5.91 Å². The van der Waals surface area contributed by atoms with Crippen LogP contribution in [0.4, 0.5) is 5.13 Å². The molecule has 0 unspecified atom stereocenters. The zero-order valence-electron chi connectivity index (χ0n) is 14.0. The third kappa shape index (κ3) is 3.24.